The summed E-state index contributed by atoms with van der Waals surface area (Å²) in [6, 6.07) is 5.97. The molecule has 0 spiro atoms. The Kier molecular flexibility index (Phi) is 4.79. The predicted octanol–water partition coefficient (Wildman–Crippen LogP) is 1.57. The monoisotopic (exact) mass is 320 g/mol. The first-order valence-electron chi connectivity index (χ1n) is 6.11. The number of carbonyl (C=O) groups is 1. The molecule has 9 heteroatoms. The average molecular weight is 320 g/mol. The van der Waals surface area contributed by atoms with Crippen molar-refractivity contribution in [2.45, 2.75) is 6.92 Å². The molecule has 0 fully saturated rings. The highest BCUT2D eigenvalue weighted by molar-refractivity contribution is 7.14. The van der Waals surface area contributed by atoms with Crippen LogP contribution in [0.15, 0.2) is 39.8 Å². The molecule has 2 aromatic rings. The topological polar surface area (TPSA) is 110 Å². The van der Waals surface area contributed by atoms with Gasteiger partial charge in [-0.2, -0.15) is 5.10 Å². The molecule has 2 rings (SSSR count). The van der Waals surface area contributed by atoms with E-state index in [4.69, 9.17) is 11.5 Å². The number of rotatable bonds is 4. The number of nitrogens with two attached hydrogens (primary N) is 2. The van der Waals surface area contributed by atoms with Crippen LogP contribution in [0.25, 0.3) is 0 Å². The molecule has 0 atom stereocenters. The van der Waals surface area contributed by atoms with E-state index in [-0.39, 0.29) is 17.6 Å². The van der Waals surface area contributed by atoms with Crippen LogP contribution in [0, 0.1) is 5.82 Å². The second-order valence-electron chi connectivity index (χ2n) is 4.13. The SMILES string of the molecule is CC(=O)N(c1nc(/C=N\N=C(N)N)cs1)c1ccccc1F. The molecule has 0 saturated heterocycles. The minimum atomic E-state index is -0.511. The first-order chi connectivity index (χ1) is 10.5. The lowest BCUT2D eigenvalue weighted by Crippen LogP contribution is -2.23. The van der Waals surface area contributed by atoms with Gasteiger partial charge in [-0.05, 0) is 12.1 Å². The number of hydrogen-bond acceptors (Lipinski definition) is 5. The fraction of sp³-hybridized carbons (Fsp3) is 0.0769. The molecule has 4 N–H and O–H groups in total. The zero-order valence-corrected chi connectivity index (χ0v) is 12.4. The lowest BCUT2D eigenvalue weighted by Gasteiger charge is -2.18. The summed E-state index contributed by atoms with van der Waals surface area (Å²) in [4.78, 5) is 17.2. The Morgan fingerprint density at radius 3 is 2.77 bits per heavy atom. The number of carbonyl (C=O) groups excluding carboxylic acids is 1. The van der Waals surface area contributed by atoms with Crippen molar-refractivity contribution in [3.63, 3.8) is 0 Å². The number of benzene rings is 1. The van der Waals surface area contributed by atoms with Crippen LogP contribution in [0.3, 0.4) is 0 Å². The minimum absolute atomic E-state index is 0.136. The van der Waals surface area contributed by atoms with Crippen LogP contribution in [0.5, 0.6) is 0 Å². The van der Waals surface area contributed by atoms with Gasteiger partial charge in [0.25, 0.3) is 0 Å². The third-order valence-electron chi connectivity index (χ3n) is 2.47. The van der Waals surface area contributed by atoms with E-state index in [1.54, 1.807) is 17.5 Å². The highest BCUT2D eigenvalue weighted by Gasteiger charge is 2.20. The molecular formula is C13H13FN6OS. The van der Waals surface area contributed by atoms with Crippen LogP contribution in [0.2, 0.25) is 0 Å². The summed E-state index contributed by atoms with van der Waals surface area (Å²) in [5.41, 5.74) is 10.9. The molecule has 0 aliphatic heterocycles. The van der Waals surface area contributed by atoms with E-state index in [0.717, 1.165) is 0 Å². The summed E-state index contributed by atoms with van der Waals surface area (Å²) < 4.78 is 13.9. The number of aromatic nitrogens is 1. The number of anilines is 2. The Hall–Kier alpha value is -2.81. The Balaban J connectivity index is 2.34. The molecule has 7 nitrogen and oxygen atoms in total. The third-order valence-corrected chi connectivity index (χ3v) is 3.32. The molecule has 1 heterocycles. The molecule has 1 aromatic carbocycles. The van der Waals surface area contributed by atoms with Gasteiger partial charge in [-0.3, -0.25) is 9.69 Å². The summed E-state index contributed by atoms with van der Waals surface area (Å²) in [6.45, 7) is 1.33. The maximum Gasteiger partial charge on any atom is 0.230 e. The van der Waals surface area contributed by atoms with Crippen molar-refractivity contribution in [3.8, 4) is 0 Å². The van der Waals surface area contributed by atoms with Crippen LogP contribution in [-0.4, -0.2) is 23.1 Å². The van der Waals surface area contributed by atoms with Gasteiger partial charge in [0.15, 0.2) is 5.13 Å². The number of thiazole rings is 1. The van der Waals surface area contributed by atoms with Gasteiger partial charge in [-0.15, -0.1) is 16.4 Å². The summed E-state index contributed by atoms with van der Waals surface area (Å²) >= 11 is 1.17. The average Bonchev–Trinajstić information content (AvgIpc) is 2.89. The largest absolute Gasteiger partial charge is 0.369 e. The molecule has 0 saturated carbocycles. The molecule has 0 bridgehead atoms. The van der Waals surface area contributed by atoms with Gasteiger partial charge >= 0.3 is 0 Å². The van der Waals surface area contributed by atoms with Crippen molar-refractivity contribution in [2.75, 3.05) is 4.90 Å². The second kappa shape index (κ2) is 6.76. The number of amides is 1. The number of nitrogens with zero attached hydrogens (tertiary/aromatic N) is 4. The van der Waals surface area contributed by atoms with Crippen LogP contribution in [0.4, 0.5) is 15.2 Å². The van der Waals surface area contributed by atoms with E-state index in [0.29, 0.717) is 10.8 Å². The molecule has 0 aliphatic carbocycles. The van der Waals surface area contributed by atoms with E-state index in [9.17, 15) is 9.18 Å². The van der Waals surface area contributed by atoms with Gasteiger partial charge in [-0.1, -0.05) is 12.1 Å². The van der Waals surface area contributed by atoms with Crippen molar-refractivity contribution in [1.82, 2.24) is 4.98 Å². The zero-order valence-electron chi connectivity index (χ0n) is 11.6. The Labute approximate surface area is 129 Å². The molecular weight excluding hydrogens is 307 g/mol. The van der Waals surface area contributed by atoms with Crippen LogP contribution < -0.4 is 16.4 Å². The molecule has 0 aliphatic rings. The molecule has 114 valence electrons. The van der Waals surface area contributed by atoms with Crippen LogP contribution >= 0.6 is 11.3 Å². The maximum atomic E-state index is 13.9. The van der Waals surface area contributed by atoms with Gasteiger partial charge in [0.2, 0.25) is 11.9 Å². The summed E-state index contributed by atoms with van der Waals surface area (Å²) in [5, 5.41) is 9.05. The van der Waals surface area contributed by atoms with Crippen molar-refractivity contribution in [1.29, 1.82) is 0 Å². The quantitative estimate of drug-likeness (QED) is 0.506. The normalized spacial score (nSPS) is 10.6. The van der Waals surface area contributed by atoms with Crippen molar-refractivity contribution in [2.24, 2.45) is 21.7 Å². The van der Waals surface area contributed by atoms with Gasteiger partial charge < -0.3 is 11.5 Å². The van der Waals surface area contributed by atoms with Gasteiger partial charge in [-0.25, -0.2) is 9.37 Å². The lowest BCUT2D eigenvalue weighted by molar-refractivity contribution is -0.115. The standard InChI is InChI=1S/C13H13FN6OS/c1-8(21)20(11-5-3-2-4-10(11)14)13-18-9(7-22-13)6-17-19-12(15)16/h2-7H,1H3,(H4,15,16,19)/b17-6-. The molecule has 0 unspecified atom stereocenters. The Morgan fingerprint density at radius 1 is 1.41 bits per heavy atom. The maximum absolute atomic E-state index is 13.9. The predicted molar refractivity (Wildman–Crippen MR) is 84.7 cm³/mol. The highest BCUT2D eigenvalue weighted by atomic mass is 32.1. The smallest absolute Gasteiger partial charge is 0.230 e. The van der Waals surface area contributed by atoms with E-state index in [1.807, 2.05) is 0 Å². The molecule has 0 radical (unpaired) electrons. The second-order valence-corrected chi connectivity index (χ2v) is 4.97. The number of hydrogen-bond donors (Lipinski definition) is 2. The lowest BCUT2D eigenvalue weighted by atomic mass is 10.3. The van der Waals surface area contributed by atoms with Crippen molar-refractivity contribution < 1.29 is 9.18 Å². The van der Waals surface area contributed by atoms with Gasteiger partial charge in [0.1, 0.15) is 5.82 Å². The van der Waals surface area contributed by atoms with E-state index in [2.05, 4.69) is 15.2 Å². The Bertz CT molecular complexity index is 738. The summed E-state index contributed by atoms with van der Waals surface area (Å²) in [6.07, 6.45) is 1.33. The van der Waals surface area contributed by atoms with Crippen LogP contribution in [0.1, 0.15) is 12.6 Å². The van der Waals surface area contributed by atoms with E-state index < -0.39 is 5.82 Å². The minimum Gasteiger partial charge on any atom is -0.369 e. The fourth-order valence-corrected chi connectivity index (χ4v) is 2.46. The number of para-hydroxylation sites is 1. The van der Waals surface area contributed by atoms with Crippen molar-refractivity contribution >= 4 is 40.2 Å². The zero-order chi connectivity index (χ0) is 16.1. The highest BCUT2D eigenvalue weighted by Crippen LogP contribution is 2.30. The molecule has 22 heavy (non-hydrogen) atoms. The Morgan fingerprint density at radius 2 is 2.14 bits per heavy atom. The third kappa shape index (κ3) is 3.64. The number of guanidine groups is 1. The van der Waals surface area contributed by atoms with Crippen LogP contribution in [-0.2, 0) is 4.79 Å². The van der Waals surface area contributed by atoms with Gasteiger partial charge in [0.05, 0.1) is 17.6 Å². The first-order valence-corrected chi connectivity index (χ1v) is 6.99. The van der Waals surface area contributed by atoms with E-state index >= 15 is 0 Å². The molecule has 1 aromatic heterocycles. The first kappa shape index (κ1) is 15.6. The van der Waals surface area contributed by atoms with E-state index in [1.165, 1.54) is 41.5 Å². The van der Waals surface area contributed by atoms with Gasteiger partial charge in [0, 0.05) is 12.3 Å². The summed E-state index contributed by atoms with van der Waals surface area (Å²) in [5.74, 6) is -1.04. The van der Waals surface area contributed by atoms with Crippen molar-refractivity contribution in [3.05, 3.63) is 41.2 Å². The fourth-order valence-electron chi connectivity index (χ4n) is 1.63. The molecule has 1 amide bonds. The number of halogens is 1. The summed E-state index contributed by atoms with van der Waals surface area (Å²) in [7, 11) is 0.